The van der Waals surface area contributed by atoms with Crippen LogP contribution in [-0.4, -0.2) is 23.7 Å². The molecule has 1 aromatic carbocycles. The highest BCUT2D eigenvalue weighted by atomic mass is 35.5. The number of hydrogen-bond acceptors (Lipinski definition) is 3. The zero-order chi connectivity index (χ0) is 15.7. The van der Waals surface area contributed by atoms with Crippen molar-refractivity contribution < 1.29 is 13.9 Å². The molecule has 0 bridgehead atoms. The first-order valence-electron chi connectivity index (χ1n) is 6.99. The van der Waals surface area contributed by atoms with Crippen LogP contribution < -0.4 is 4.74 Å². The second-order valence-corrected chi connectivity index (χ2v) is 5.89. The lowest BCUT2D eigenvalue weighted by Crippen LogP contribution is -2.04. The number of halogens is 3. The van der Waals surface area contributed by atoms with E-state index in [1.807, 2.05) is 0 Å². The molecule has 3 rings (SSSR count). The van der Waals surface area contributed by atoms with Gasteiger partial charge in [0, 0.05) is 18.7 Å². The van der Waals surface area contributed by atoms with Gasteiger partial charge in [0.05, 0.1) is 10.7 Å². The molecule has 0 spiro atoms. The van der Waals surface area contributed by atoms with E-state index < -0.39 is 5.82 Å². The molecule has 1 aromatic heterocycles. The van der Waals surface area contributed by atoms with Gasteiger partial charge in [0.15, 0.2) is 12.6 Å². The second-order valence-electron chi connectivity index (χ2n) is 5.12. The van der Waals surface area contributed by atoms with Gasteiger partial charge >= 0.3 is 0 Å². The Hall–Kier alpha value is -1.30. The molecule has 0 N–H and O–H groups in total. The summed E-state index contributed by atoms with van der Waals surface area (Å²) in [5, 5.41) is 5.07. The van der Waals surface area contributed by atoms with Crippen LogP contribution in [0.25, 0.3) is 5.69 Å². The molecule has 4 nitrogen and oxygen atoms in total. The van der Waals surface area contributed by atoms with Gasteiger partial charge < -0.3 is 9.47 Å². The largest absolute Gasteiger partial charge is 0.466 e. The molecule has 1 aliphatic carbocycles. The molecule has 0 atom stereocenters. The Balaban J connectivity index is 2.06. The van der Waals surface area contributed by atoms with E-state index in [2.05, 4.69) is 5.10 Å². The first-order valence-corrected chi connectivity index (χ1v) is 7.75. The molecule has 118 valence electrons. The molecule has 0 unspecified atom stereocenters. The summed E-state index contributed by atoms with van der Waals surface area (Å²) in [7, 11) is 1.50. The molecule has 0 fully saturated rings. The Labute approximate surface area is 137 Å². The van der Waals surface area contributed by atoms with Crippen LogP contribution in [0.2, 0.25) is 10.2 Å². The lowest BCUT2D eigenvalue weighted by atomic mass is 9.99. The van der Waals surface area contributed by atoms with Crippen LogP contribution in [0, 0.1) is 5.82 Å². The van der Waals surface area contributed by atoms with Crippen molar-refractivity contribution in [1.29, 1.82) is 0 Å². The van der Waals surface area contributed by atoms with Gasteiger partial charge in [0.2, 0.25) is 0 Å². The standard InChI is InChI=1S/C15H15Cl2FN2O2/c1-21-8-22-14-7-13(11(18)6-10(14)16)20-15(17)9-4-2-3-5-12(9)19-20/h6-7H,2-5,8H2,1H3. The topological polar surface area (TPSA) is 36.3 Å². The molecule has 0 amide bonds. The summed E-state index contributed by atoms with van der Waals surface area (Å²) in [6, 6.07) is 2.68. The van der Waals surface area contributed by atoms with E-state index in [4.69, 9.17) is 32.7 Å². The normalized spacial score (nSPS) is 14.0. The van der Waals surface area contributed by atoms with E-state index in [1.165, 1.54) is 23.9 Å². The molecule has 7 heteroatoms. The van der Waals surface area contributed by atoms with Gasteiger partial charge in [-0.05, 0) is 31.7 Å². The molecule has 0 radical (unpaired) electrons. The van der Waals surface area contributed by atoms with Gasteiger partial charge in [-0.3, -0.25) is 0 Å². The zero-order valence-electron chi connectivity index (χ0n) is 12.0. The van der Waals surface area contributed by atoms with E-state index >= 15 is 0 Å². The van der Waals surface area contributed by atoms with Crippen LogP contribution in [0.5, 0.6) is 5.75 Å². The van der Waals surface area contributed by atoms with Crippen molar-refractivity contribution in [3.05, 3.63) is 39.4 Å². The summed E-state index contributed by atoms with van der Waals surface area (Å²) in [6.07, 6.45) is 3.88. The average Bonchev–Trinajstić information content (AvgIpc) is 2.84. The van der Waals surface area contributed by atoms with E-state index in [1.54, 1.807) is 0 Å². The van der Waals surface area contributed by atoms with Gasteiger partial charge in [-0.2, -0.15) is 5.10 Å². The van der Waals surface area contributed by atoms with Crippen molar-refractivity contribution in [2.45, 2.75) is 25.7 Å². The van der Waals surface area contributed by atoms with Gasteiger partial charge in [-0.25, -0.2) is 9.07 Å². The fourth-order valence-electron chi connectivity index (χ4n) is 2.59. The maximum absolute atomic E-state index is 14.3. The Morgan fingerprint density at radius 3 is 2.77 bits per heavy atom. The number of aryl methyl sites for hydroxylation is 1. The lowest BCUT2D eigenvalue weighted by molar-refractivity contribution is 0.0511. The van der Waals surface area contributed by atoms with Gasteiger partial charge in [0.25, 0.3) is 0 Å². The van der Waals surface area contributed by atoms with Crippen LogP contribution >= 0.6 is 23.2 Å². The highest BCUT2D eigenvalue weighted by Gasteiger charge is 2.22. The van der Waals surface area contributed by atoms with E-state index in [0.29, 0.717) is 10.9 Å². The van der Waals surface area contributed by atoms with Crippen LogP contribution in [0.15, 0.2) is 12.1 Å². The summed E-state index contributed by atoms with van der Waals surface area (Å²) < 4.78 is 25.9. The number of methoxy groups -OCH3 is 1. The van der Waals surface area contributed by atoms with Crippen LogP contribution in [0.3, 0.4) is 0 Å². The van der Waals surface area contributed by atoms with Crippen molar-refractivity contribution in [3.63, 3.8) is 0 Å². The Kier molecular flexibility index (Phi) is 4.57. The first kappa shape index (κ1) is 15.6. The predicted octanol–water partition coefficient (Wildman–Crippen LogP) is 4.18. The number of hydrogen-bond donors (Lipinski definition) is 0. The third-order valence-electron chi connectivity index (χ3n) is 3.66. The van der Waals surface area contributed by atoms with Crippen molar-refractivity contribution in [2.24, 2.45) is 0 Å². The zero-order valence-corrected chi connectivity index (χ0v) is 13.5. The van der Waals surface area contributed by atoms with Crippen molar-refractivity contribution in [1.82, 2.24) is 9.78 Å². The Morgan fingerprint density at radius 2 is 2.05 bits per heavy atom. The smallest absolute Gasteiger partial charge is 0.188 e. The monoisotopic (exact) mass is 344 g/mol. The second kappa shape index (κ2) is 6.44. The van der Waals surface area contributed by atoms with Crippen LogP contribution in [0.1, 0.15) is 24.1 Å². The summed E-state index contributed by atoms with van der Waals surface area (Å²) in [4.78, 5) is 0. The SMILES string of the molecule is COCOc1cc(-n2nc3c(c2Cl)CCCC3)c(F)cc1Cl. The van der Waals surface area contributed by atoms with Crippen molar-refractivity contribution in [2.75, 3.05) is 13.9 Å². The van der Waals surface area contributed by atoms with E-state index in [0.717, 1.165) is 36.9 Å². The Morgan fingerprint density at radius 1 is 1.27 bits per heavy atom. The Bertz CT molecular complexity index is 703. The van der Waals surface area contributed by atoms with Crippen LogP contribution in [-0.2, 0) is 17.6 Å². The quantitative estimate of drug-likeness (QED) is 0.780. The van der Waals surface area contributed by atoms with Crippen molar-refractivity contribution >= 4 is 23.2 Å². The highest BCUT2D eigenvalue weighted by molar-refractivity contribution is 6.32. The van der Waals surface area contributed by atoms with Gasteiger partial charge in [0.1, 0.15) is 16.6 Å². The number of aromatic nitrogens is 2. The van der Waals surface area contributed by atoms with Crippen molar-refractivity contribution in [3.8, 4) is 11.4 Å². The third-order valence-corrected chi connectivity index (χ3v) is 4.34. The number of ether oxygens (including phenoxy) is 2. The predicted molar refractivity (Wildman–Crippen MR) is 82.7 cm³/mol. The molecule has 22 heavy (non-hydrogen) atoms. The summed E-state index contributed by atoms with van der Waals surface area (Å²) in [5.41, 5.74) is 2.15. The maximum atomic E-state index is 14.3. The fraction of sp³-hybridized carbons (Fsp3) is 0.400. The molecule has 0 saturated heterocycles. The highest BCUT2D eigenvalue weighted by Crippen LogP contribution is 2.34. The number of rotatable bonds is 4. The molecular weight excluding hydrogens is 330 g/mol. The van der Waals surface area contributed by atoms with Gasteiger partial charge in [-0.1, -0.05) is 23.2 Å². The first-order chi connectivity index (χ1) is 10.6. The minimum Gasteiger partial charge on any atom is -0.466 e. The molecule has 2 aromatic rings. The average molecular weight is 345 g/mol. The van der Waals surface area contributed by atoms with E-state index in [9.17, 15) is 4.39 Å². The summed E-state index contributed by atoms with van der Waals surface area (Å²) in [5.74, 6) is -0.180. The number of fused-ring (bicyclic) bond motifs is 1. The molecular formula is C15H15Cl2FN2O2. The molecule has 0 saturated carbocycles. The molecule has 1 heterocycles. The number of benzene rings is 1. The minimum atomic E-state index is -0.503. The van der Waals surface area contributed by atoms with Gasteiger partial charge in [-0.15, -0.1) is 0 Å². The van der Waals surface area contributed by atoms with E-state index in [-0.39, 0.29) is 17.5 Å². The lowest BCUT2D eigenvalue weighted by Gasteiger charge is -2.11. The van der Waals surface area contributed by atoms with Crippen LogP contribution in [0.4, 0.5) is 4.39 Å². The molecule has 1 aliphatic rings. The number of nitrogens with zero attached hydrogens (tertiary/aromatic N) is 2. The third kappa shape index (κ3) is 2.81. The summed E-state index contributed by atoms with van der Waals surface area (Å²) >= 11 is 12.4. The minimum absolute atomic E-state index is 0.0220. The maximum Gasteiger partial charge on any atom is 0.188 e. The molecule has 0 aliphatic heterocycles. The fourth-order valence-corrected chi connectivity index (χ4v) is 3.13. The summed E-state index contributed by atoms with van der Waals surface area (Å²) in [6.45, 7) is 0.0220.